The molecular weight excluding hydrogens is 675 g/mol. The molecule has 3 nitrogen and oxygen atoms in total. The molecule has 0 atom stereocenters. The zero-order chi connectivity index (χ0) is 26.1. The Bertz CT molecular complexity index is 1830. The normalized spacial score (nSPS) is 11.9. The van der Waals surface area contributed by atoms with Crippen LogP contribution in [0.4, 0.5) is 17.1 Å². The summed E-state index contributed by atoms with van der Waals surface area (Å²) in [5.74, 6) is 0. The molecule has 1 radical (unpaired) electrons. The van der Waals surface area contributed by atoms with Crippen molar-refractivity contribution in [3.05, 3.63) is 121 Å². The van der Waals surface area contributed by atoms with Crippen LogP contribution in [-0.2, 0) is 20.1 Å². The Hall–Kier alpha value is -3.72. The van der Waals surface area contributed by atoms with Gasteiger partial charge in [0.1, 0.15) is 5.69 Å². The van der Waals surface area contributed by atoms with Gasteiger partial charge in [-0.15, -0.1) is 47.3 Å². The van der Waals surface area contributed by atoms with Crippen LogP contribution in [0.25, 0.3) is 31.4 Å². The van der Waals surface area contributed by atoms with Gasteiger partial charge in [-0.2, -0.15) is 17.4 Å². The Morgan fingerprint density at radius 3 is 2.33 bits per heavy atom. The third kappa shape index (κ3) is 5.41. The maximum Gasteiger partial charge on any atom is 0.494 e. The summed E-state index contributed by atoms with van der Waals surface area (Å²) in [6.45, 7) is 6.41. The molecule has 0 fully saturated rings. The number of fused-ring (bicyclic) bond motifs is 4. The van der Waals surface area contributed by atoms with E-state index in [9.17, 15) is 0 Å². The largest absolute Gasteiger partial charge is 0.494 e. The van der Waals surface area contributed by atoms with Crippen LogP contribution in [0.2, 0.25) is 0 Å². The summed E-state index contributed by atoms with van der Waals surface area (Å²) in [6.07, 6.45) is 1.87. The zero-order valence-electron chi connectivity index (χ0n) is 22.0. The molecule has 0 aliphatic carbocycles. The predicted molar refractivity (Wildman–Crippen MR) is 159 cm³/mol. The van der Waals surface area contributed by atoms with Gasteiger partial charge < -0.3 is 4.98 Å². The standard InChI is InChI=1S/C22H17N2S.C12H10N.Ir/c1-15(2)23-14-24(20-9-5-4-8-19(20)23)16-11-12-18-17-7-3-6-10-21(17)25-22(18)13-16;1-10-7-8-12(13-9-10)11-5-3-2-4-6-11;/h3-10,12-13,15H,1-2H3;2-5,7-9H,1H3;/q+1;-1;. The van der Waals surface area contributed by atoms with Gasteiger partial charge in [-0.05, 0) is 38.1 Å². The Morgan fingerprint density at radius 1 is 0.821 bits per heavy atom. The van der Waals surface area contributed by atoms with Crippen molar-refractivity contribution in [2.75, 3.05) is 0 Å². The van der Waals surface area contributed by atoms with E-state index in [0.717, 1.165) is 22.6 Å². The molecule has 0 N–H and O–H groups in total. The Kier molecular flexibility index (Phi) is 7.97. The summed E-state index contributed by atoms with van der Waals surface area (Å²) >= 11 is 1.83. The molecule has 0 bridgehead atoms. The summed E-state index contributed by atoms with van der Waals surface area (Å²) in [5, 5.41) is 2.58. The van der Waals surface area contributed by atoms with Gasteiger partial charge in [-0.3, -0.25) is 0 Å². The Morgan fingerprint density at radius 2 is 1.59 bits per heavy atom. The average Bonchev–Trinajstić information content (AvgIpc) is 3.53. The van der Waals surface area contributed by atoms with Crippen molar-refractivity contribution >= 4 is 54.6 Å². The van der Waals surface area contributed by atoms with Gasteiger partial charge in [0.15, 0.2) is 6.04 Å². The number of aryl methyl sites for hydroxylation is 1. The summed E-state index contributed by atoms with van der Waals surface area (Å²) in [6, 6.07) is 43.8. The fourth-order valence-electron chi connectivity index (χ4n) is 4.61. The summed E-state index contributed by atoms with van der Waals surface area (Å²) in [7, 11) is 0. The maximum absolute atomic E-state index is 4.32. The van der Waals surface area contributed by atoms with E-state index in [-0.39, 0.29) is 20.1 Å². The van der Waals surface area contributed by atoms with Gasteiger partial charge in [-0.25, -0.2) is 0 Å². The number of aromatic nitrogens is 1. The van der Waals surface area contributed by atoms with Crippen molar-refractivity contribution in [1.29, 1.82) is 0 Å². The maximum atomic E-state index is 4.32. The van der Waals surface area contributed by atoms with Crippen molar-refractivity contribution in [1.82, 2.24) is 9.56 Å². The molecule has 7 rings (SSSR count). The van der Waals surface area contributed by atoms with Crippen molar-refractivity contribution in [2.24, 2.45) is 0 Å². The van der Waals surface area contributed by atoms with E-state index in [1.165, 1.54) is 31.4 Å². The minimum Gasteiger partial charge on any atom is -0.304 e. The van der Waals surface area contributed by atoms with E-state index in [4.69, 9.17) is 0 Å². The summed E-state index contributed by atoms with van der Waals surface area (Å²) in [4.78, 5) is 4.32. The molecule has 39 heavy (non-hydrogen) atoms. The van der Waals surface area contributed by atoms with Crippen molar-refractivity contribution < 1.29 is 24.7 Å². The number of benzene rings is 4. The predicted octanol–water partition coefficient (Wildman–Crippen LogP) is 8.78. The number of thiophene rings is 1. The van der Waals surface area contributed by atoms with Crippen LogP contribution in [0.1, 0.15) is 19.4 Å². The van der Waals surface area contributed by atoms with E-state index >= 15 is 0 Å². The Labute approximate surface area is 246 Å². The van der Waals surface area contributed by atoms with Gasteiger partial charge in [0.25, 0.3) is 11.4 Å². The molecule has 0 spiro atoms. The van der Waals surface area contributed by atoms with Gasteiger partial charge in [0, 0.05) is 43.1 Å². The van der Waals surface area contributed by atoms with E-state index < -0.39 is 0 Å². The molecular formula is C34H27IrN3S. The fourth-order valence-corrected chi connectivity index (χ4v) is 5.73. The smallest absolute Gasteiger partial charge is 0.304 e. The van der Waals surface area contributed by atoms with Crippen LogP contribution in [0.3, 0.4) is 0 Å². The first-order chi connectivity index (χ1) is 18.6. The monoisotopic (exact) mass is 702 g/mol. The van der Waals surface area contributed by atoms with Crippen LogP contribution in [-0.4, -0.2) is 21.6 Å². The topological polar surface area (TPSA) is 18.9 Å². The molecule has 2 aromatic heterocycles. The molecule has 1 aliphatic heterocycles. The second kappa shape index (κ2) is 11.6. The first-order valence-electron chi connectivity index (χ1n) is 12.8. The van der Waals surface area contributed by atoms with Crippen LogP contribution >= 0.6 is 11.3 Å². The first-order valence-corrected chi connectivity index (χ1v) is 13.6. The van der Waals surface area contributed by atoms with E-state index in [2.05, 4.69) is 113 Å². The van der Waals surface area contributed by atoms with E-state index in [0.29, 0.717) is 6.04 Å². The van der Waals surface area contributed by atoms with Crippen LogP contribution < -0.4 is 4.58 Å². The van der Waals surface area contributed by atoms with Gasteiger partial charge in [-0.1, -0.05) is 67.8 Å². The Balaban J connectivity index is 0.000000187. The zero-order valence-corrected chi connectivity index (χ0v) is 25.2. The summed E-state index contributed by atoms with van der Waals surface area (Å²) < 4.78 is 6.93. The van der Waals surface area contributed by atoms with Gasteiger partial charge >= 0.3 is 6.01 Å². The molecule has 0 unspecified atom stereocenters. The van der Waals surface area contributed by atoms with Crippen molar-refractivity contribution in [3.63, 3.8) is 0 Å². The molecule has 3 heterocycles. The molecule has 193 valence electrons. The fraction of sp³-hybridized carbons (Fsp3) is 0.118. The first kappa shape index (κ1) is 26.9. The number of para-hydroxylation sites is 2. The average molecular weight is 702 g/mol. The molecule has 5 heteroatoms. The van der Waals surface area contributed by atoms with Crippen molar-refractivity contribution in [2.45, 2.75) is 26.8 Å². The van der Waals surface area contributed by atoms with Gasteiger partial charge in [0.2, 0.25) is 0 Å². The second-order valence-electron chi connectivity index (χ2n) is 9.58. The van der Waals surface area contributed by atoms with Gasteiger partial charge in [0.05, 0.1) is 0 Å². The van der Waals surface area contributed by atoms with Crippen LogP contribution in [0, 0.1) is 19.1 Å². The molecule has 1 aliphatic rings. The SMILES string of the molecule is CC(C)[N+]1=C=[N+](c2[c-]cc3c(c2)sc2ccccc23)c2ccccc21.Cc1ccc(-c2[c-]cccc2)nc1.[Ir]. The minimum absolute atomic E-state index is 0. The summed E-state index contributed by atoms with van der Waals surface area (Å²) in [5.41, 5.74) is 6.60. The molecule has 0 saturated heterocycles. The third-order valence-electron chi connectivity index (χ3n) is 6.54. The number of pyridine rings is 1. The van der Waals surface area contributed by atoms with Crippen molar-refractivity contribution in [3.8, 4) is 11.3 Å². The van der Waals surface area contributed by atoms with Crippen LogP contribution in [0.5, 0.6) is 0 Å². The molecule has 0 saturated carbocycles. The number of rotatable bonds is 3. The van der Waals surface area contributed by atoms with E-state index in [1.807, 2.05) is 54.8 Å². The molecule has 4 aromatic carbocycles. The molecule has 6 aromatic rings. The number of hydrogen-bond acceptors (Lipinski definition) is 2. The minimum atomic E-state index is 0. The molecule has 0 amide bonds. The van der Waals surface area contributed by atoms with Crippen LogP contribution in [0.15, 0.2) is 103 Å². The second-order valence-corrected chi connectivity index (χ2v) is 10.7. The quantitative estimate of drug-likeness (QED) is 0.133. The number of nitrogens with zero attached hydrogens (tertiary/aromatic N) is 3. The van der Waals surface area contributed by atoms with E-state index in [1.54, 1.807) is 0 Å². The number of hydrogen-bond donors (Lipinski definition) is 0. The third-order valence-corrected chi connectivity index (χ3v) is 7.67.